The van der Waals surface area contributed by atoms with Crippen LogP contribution in [0.15, 0.2) is 54.7 Å². The second-order valence-corrected chi connectivity index (χ2v) is 9.07. The Morgan fingerprint density at radius 1 is 1.09 bits per heavy atom. The number of carbonyl (C=O) groups excluding carboxylic acids is 1. The fourth-order valence-corrected chi connectivity index (χ4v) is 3.81. The molecule has 3 rings (SSSR count). The molecule has 7 nitrogen and oxygen atoms in total. The third-order valence-corrected chi connectivity index (χ3v) is 5.40. The zero-order valence-corrected chi connectivity index (χ0v) is 19.5. The summed E-state index contributed by atoms with van der Waals surface area (Å²) in [6.07, 6.45) is 3.31. The highest BCUT2D eigenvalue weighted by molar-refractivity contribution is 7.89. The first-order valence-electron chi connectivity index (χ1n) is 9.92. The summed E-state index contributed by atoms with van der Waals surface area (Å²) in [5.74, 6) is 0.552. The number of pyridine rings is 1. The van der Waals surface area contributed by atoms with Crippen LogP contribution in [-0.4, -0.2) is 32.2 Å². The van der Waals surface area contributed by atoms with Crippen molar-refractivity contribution >= 4 is 27.5 Å². The van der Waals surface area contributed by atoms with Crippen molar-refractivity contribution in [3.05, 3.63) is 70.9 Å². The molecule has 2 aromatic carbocycles. The minimum atomic E-state index is -3.72. The normalized spacial score (nSPS) is 11.1. The molecule has 3 aromatic rings. The molecule has 0 aliphatic carbocycles. The minimum absolute atomic E-state index is 0.142. The van der Waals surface area contributed by atoms with Gasteiger partial charge in [-0.1, -0.05) is 24.6 Å². The van der Waals surface area contributed by atoms with Crippen LogP contribution in [0.4, 0.5) is 0 Å². The Morgan fingerprint density at radius 2 is 1.88 bits per heavy atom. The van der Waals surface area contributed by atoms with Crippen LogP contribution in [0.5, 0.6) is 17.4 Å². The van der Waals surface area contributed by atoms with Crippen molar-refractivity contribution in [2.24, 2.45) is 0 Å². The number of hydrogen-bond acceptors (Lipinski definition) is 6. The van der Waals surface area contributed by atoms with Gasteiger partial charge in [0.1, 0.15) is 11.5 Å². The highest BCUT2D eigenvalue weighted by Crippen LogP contribution is 2.39. The highest BCUT2D eigenvalue weighted by Gasteiger charge is 2.18. The van der Waals surface area contributed by atoms with E-state index in [0.29, 0.717) is 40.1 Å². The standard InChI is InChI=1S/C23H23ClN2O5S/c1-4-15-8-10-17(14-20(15)24)31-21-11-9-16(22(27)26-32(3,28)29)13-19(21)18-7-6-12-25-23(18)30-5-2/h6-14H,4-5H2,1-3H3,(H,26,27). The van der Waals surface area contributed by atoms with Crippen LogP contribution in [-0.2, 0) is 16.4 Å². The van der Waals surface area contributed by atoms with E-state index in [4.69, 9.17) is 21.1 Å². The fraction of sp³-hybridized carbons (Fsp3) is 0.217. The number of hydrogen-bond donors (Lipinski definition) is 1. The number of amides is 1. The van der Waals surface area contributed by atoms with Gasteiger partial charge in [0.2, 0.25) is 15.9 Å². The van der Waals surface area contributed by atoms with E-state index in [1.807, 2.05) is 30.7 Å². The molecule has 0 spiro atoms. The zero-order chi connectivity index (χ0) is 23.3. The van der Waals surface area contributed by atoms with Gasteiger partial charge < -0.3 is 9.47 Å². The number of halogens is 1. The van der Waals surface area contributed by atoms with Crippen molar-refractivity contribution in [1.82, 2.24) is 9.71 Å². The molecule has 1 heterocycles. The fourth-order valence-electron chi connectivity index (χ4n) is 3.05. The highest BCUT2D eigenvalue weighted by atomic mass is 35.5. The lowest BCUT2D eigenvalue weighted by atomic mass is 10.0. The van der Waals surface area contributed by atoms with Gasteiger partial charge in [-0.3, -0.25) is 4.79 Å². The van der Waals surface area contributed by atoms with Crippen LogP contribution >= 0.6 is 11.6 Å². The lowest BCUT2D eigenvalue weighted by Crippen LogP contribution is -2.29. The van der Waals surface area contributed by atoms with Crippen LogP contribution in [0.3, 0.4) is 0 Å². The van der Waals surface area contributed by atoms with Crippen molar-refractivity contribution < 1.29 is 22.7 Å². The monoisotopic (exact) mass is 474 g/mol. The van der Waals surface area contributed by atoms with E-state index in [1.165, 1.54) is 12.1 Å². The van der Waals surface area contributed by atoms with Crippen molar-refractivity contribution in [3.8, 4) is 28.5 Å². The summed E-state index contributed by atoms with van der Waals surface area (Å²) in [5, 5.41) is 0.590. The Morgan fingerprint density at radius 3 is 2.53 bits per heavy atom. The molecule has 0 bridgehead atoms. The van der Waals surface area contributed by atoms with Crippen molar-refractivity contribution in [2.45, 2.75) is 20.3 Å². The van der Waals surface area contributed by atoms with E-state index in [0.717, 1.165) is 18.2 Å². The maximum absolute atomic E-state index is 12.4. The van der Waals surface area contributed by atoms with Crippen LogP contribution in [0.25, 0.3) is 11.1 Å². The van der Waals surface area contributed by atoms with Crippen molar-refractivity contribution in [1.29, 1.82) is 0 Å². The largest absolute Gasteiger partial charge is 0.478 e. The first kappa shape index (κ1) is 23.6. The topological polar surface area (TPSA) is 94.6 Å². The van der Waals surface area contributed by atoms with Gasteiger partial charge in [-0.2, -0.15) is 0 Å². The summed E-state index contributed by atoms with van der Waals surface area (Å²) in [5.41, 5.74) is 2.24. The number of sulfonamides is 1. The molecule has 0 fully saturated rings. The Hall–Kier alpha value is -3.10. The maximum Gasteiger partial charge on any atom is 0.264 e. The molecule has 32 heavy (non-hydrogen) atoms. The predicted octanol–water partition coefficient (Wildman–Crippen LogP) is 4.84. The SMILES string of the molecule is CCOc1ncccc1-c1cc(C(=O)NS(C)(=O)=O)ccc1Oc1ccc(CC)c(Cl)c1. The first-order chi connectivity index (χ1) is 15.2. The molecule has 0 unspecified atom stereocenters. The maximum atomic E-state index is 12.4. The van der Waals surface area contributed by atoms with Crippen LogP contribution in [0.2, 0.25) is 5.02 Å². The second kappa shape index (κ2) is 10.0. The summed E-state index contributed by atoms with van der Waals surface area (Å²) < 4.78 is 36.7. The summed E-state index contributed by atoms with van der Waals surface area (Å²) in [6.45, 7) is 4.24. The van der Waals surface area contributed by atoms with Gasteiger partial charge in [0.05, 0.1) is 12.9 Å². The first-order valence-corrected chi connectivity index (χ1v) is 12.2. The Kier molecular flexibility index (Phi) is 7.37. The Balaban J connectivity index is 2.10. The lowest BCUT2D eigenvalue weighted by molar-refractivity contribution is 0.0981. The van der Waals surface area contributed by atoms with Gasteiger partial charge in [0.25, 0.3) is 5.91 Å². The average Bonchev–Trinajstić information content (AvgIpc) is 2.74. The predicted molar refractivity (Wildman–Crippen MR) is 124 cm³/mol. The van der Waals surface area contributed by atoms with E-state index >= 15 is 0 Å². The number of benzene rings is 2. The third kappa shape index (κ3) is 5.77. The van der Waals surface area contributed by atoms with Gasteiger partial charge >= 0.3 is 0 Å². The Labute approximate surface area is 192 Å². The molecule has 0 aliphatic rings. The van der Waals surface area contributed by atoms with E-state index in [1.54, 1.807) is 30.5 Å². The molecule has 0 atom stereocenters. The molecular formula is C23H23ClN2O5S. The van der Waals surface area contributed by atoms with E-state index < -0.39 is 15.9 Å². The van der Waals surface area contributed by atoms with Gasteiger partial charge in [-0.25, -0.2) is 18.1 Å². The average molecular weight is 475 g/mol. The smallest absolute Gasteiger partial charge is 0.264 e. The molecule has 0 saturated carbocycles. The number of ether oxygens (including phenoxy) is 2. The van der Waals surface area contributed by atoms with Gasteiger partial charge in [-0.15, -0.1) is 0 Å². The van der Waals surface area contributed by atoms with Crippen molar-refractivity contribution in [2.75, 3.05) is 12.9 Å². The van der Waals surface area contributed by atoms with E-state index in [9.17, 15) is 13.2 Å². The molecule has 0 aliphatic heterocycles. The molecule has 0 saturated heterocycles. The summed E-state index contributed by atoms with van der Waals surface area (Å²) in [4.78, 5) is 16.7. The summed E-state index contributed by atoms with van der Waals surface area (Å²) in [7, 11) is -3.72. The van der Waals surface area contributed by atoms with Gasteiger partial charge in [-0.05, 0) is 61.4 Å². The number of aromatic nitrogens is 1. The zero-order valence-electron chi connectivity index (χ0n) is 17.9. The van der Waals surface area contributed by atoms with Crippen LogP contribution in [0.1, 0.15) is 29.8 Å². The van der Waals surface area contributed by atoms with E-state index in [2.05, 4.69) is 4.98 Å². The Bertz CT molecular complexity index is 1240. The number of nitrogens with zero attached hydrogens (tertiary/aromatic N) is 1. The van der Waals surface area contributed by atoms with Gasteiger partial charge in [0, 0.05) is 27.9 Å². The number of nitrogens with one attached hydrogen (secondary N) is 1. The molecule has 0 radical (unpaired) electrons. The van der Waals surface area contributed by atoms with Crippen molar-refractivity contribution in [3.63, 3.8) is 0 Å². The minimum Gasteiger partial charge on any atom is -0.478 e. The second-order valence-electron chi connectivity index (χ2n) is 6.91. The molecule has 9 heteroatoms. The number of rotatable bonds is 8. The van der Waals surface area contributed by atoms with Crippen LogP contribution in [0, 0.1) is 0 Å². The summed E-state index contributed by atoms with van der Waals surface area (Å²) >= 11 is 6.33. The van der Waals surface area contributed by atoms with E-state index in [-0.39, 0.29) is 5.56 Å². The molecule has 1 amide bonds. The quantitative estimate of drug-likeness (QED) is 0.501. The molecule has 168 valence electrons. The molecule has 1 N–H and O–H groups in total. The molecular weight excluding hydrogens is 452 g/mol. The van der Waals surface area contributed by atoms with Gasteiger partial charge in [0.15, 0.2) is 0 Å². The van der Waals surface area contributed by atoms with Crippen LogP contribution < -0.4 is 14.2 Å². The lowest BCUT2D eigenvalue weighted by Gasteiger charge is -2.16. The summed E-state index contributed by atoms with van der Waals surface area (Å²) in [6, 6.07) is 13.6. The number of carbonyl (C=O) groups is 1. The number of aryl methyl sites for hydroxylation is 1. The third-order valence-electron chi connectivity index (χ3n) is 4.50. The molecule has 1 aromatic heterocycles.